The van der Waals surface area contributed by atoms with Gasteiger partial charge in [0.15, 0.2) is 5.65 Å². The molecular weight excluding hydrogens is 326 g/mol. The van der Waals surface area contributed by atoms with Crippen molar-refractivity contribution in [2.45, 2.75) is 26.2 Å². The molecule has 1 aliphatic heterocycles. The van der Waals surface area contributed by atoms with Crippen molar-refractivity contribution in [3.05, 3.63) is 53.5 Å². The summed E-state index contributed by atoms with van der Waals surface area (Å²) in [6, 6.07) is 9.92. The Morgan fingerprint density at radius 2 is 2.00 bits per heavy atom. The fourth-order valence-corrected chi connectivity index (χ4v) is 3.81. The number of anilines is 1. The van der Waals surface area contributed by atoms with Crippen LogP contribution < -0.4 is 5.32 Å². The van der Waals surface area contributed by atoms with Gasteiger partial charge in [-0.1, -0.05) is 6.07 Å². The minimum absolute atomic E-state index is 0.0469. The quantitative estimate of drug-likeness (QED) is 0.769. The summed E-state index contributed by atoms with van der Waals surface area (Å²) in [5.41, 5.74) is 4.94. The van der Waals surface area contributed by atoms with Crippen molar-refractivity contribution in [3.8, 4) is 0 Å². The van der Waals surface area contributed by atoms with E-state index in [2.05, 4.69) is 16.4 Å². The molecule has 0 radical (unpaired) electrons. The number of fused-ring (bicyclic) bond motifs is 1. The van der Waals surface area contributed by atoms with Crippen LogP contribution in [0.25, 0.3) is 11.2 Å². The normalized spacial score (nSPS) is 17.0. The number of aryl methyl sites for hydroxylation is 3. The zero-order valence-electron chi connectivity index (χ0n) is 15.4. The van der Waals surface area contributed by atoms with Crippen LogP contribution in [0.4, 0.5) is 10.5 Å². The molecular formula is C20H23N5O. The number of pyridine rings is 1. The first-order valence-electron chi connectivity index (χ1n) is 8.93. The van der Waals surface area contributed by atoms with Crippen molar-refractivity contribution < 1.29 is 4.79 Å². The van der Waals surface area contributed by atoms with Crippen LogP contribution >= 0.6 is 0 Å². The predicted octanol–water partition coefficient (Wildman–Crippen LogP) is 3.61. The first kappa shape index (κ1) is 16.6. The van der Waals surface area contributed by atoms with Crippen LogP contribution in [0.15, 0.2) is 36.5 Å². The molecule has 4 rings (SSSR count). The molecule has 2 amide bonds. The Morgan fingerprint density at radius 3 is 2.73 bits per heavy atom. The lowest BCUT2D eigenvalue weighted by Gasteiger charge is -2.18. The Balaban J connectivity index is 1.49. The van der Waals surface area contributed by atoms with Crippen molar-refractivity contribution >= 4 is 22.9 Å². The van der Waals surface area contributed by atoms with Crippen molar-refractivity contribution in [2.24, 2.45) is 7.05 Å². The van der Waals surface area contributed by atoms with Gasteiger partial charge in [0, 0.05) is 37.9 Å². The molecule has 134 valence electrons. The van der Waals surface area contributed by atoms with E-state index < -0.39 is 0 Å². The van der Waals surface area contributed by atoms with E-state index in [9.17, 15) is 4.79 Å². The number of hydrogen-bond donors (Lipinski definition) is 1. The molecule has 6 heteroatoms. The topological polar surface area (TPSA) is 63.1 Å². The standard InChI is InChI=1S/C20H23N5O/c1-13-9-14(2)11-16(10-13)22-20(26)25-8-6-15(12-25)18-23-17-5-4-7-21-19(17)24(18)3/h4-5,7,9-11,15H,6,8,12H2,1-3H3,(H,22,26)/t15-/m1/s1. The van der Waals surface area contributed by atoms with E-state index in [0.717, 1.165) is 46.8 Å². The maximum atomic E-state index is 12.6. The molecule has 3 aromatic rings. The summed E-state index contributed by atoms with van der Waals surface area (Å²) >= 11 is 0. The maximum absolute atomic E-state index is 12.6. The lowest BCUT2D eigenvalue weighted by molar-refractivity contribution is 0.222. The average molecular weight is 349 g/mol. The van der Waals surface area contributed by atoms with E-state index in [0.29, 0.717) is 6.54 Å². The number of carbonyl (C=O) groups is 1. The van der Waals surface area contributed by atoms with E-state index in [1.165, 1.54) is 0 Å². The van der Waals surface area contributed by atoms with Gasteiger partial charge in [-0.25, -0.2) is 14.8 Å². The van der Waals surface area contributed by atoms with Crippen LogP contribution in [0.2, 0.25) is 0 Å². The first-order chi connectivity index (χ1) is 12.5. The monoisotopic (exact) mass is 349 g/mol. The number of nitrogens with zero attached hydrogens (tertiary/aromatic N) is 4. The Morgan fingerprint density at radius 1 is 1.23 bits per heavy atom. The fourth-order valence-electron chi connectivity index (χ4n) is 3.81. The van der Waals surface area contributed by atoms with Crippen LogP contribution in [-0.2, 0) is 7.05 Å². The van der Waals surface area contributed by atoms with E-state index in [1.807, 2.05) is 54.6 Å². The predicted molar refractivity (Wildman–Crippen MR) is 102 cm³/mol. The molecule has 6 nitrogen and oxygen atoms in total. The number of rotatable bonds is 2. The summed E-state index contributed by atoms with van der Waals surface area (Å²) in [6.45, 7) is 5.48. The number of hydrogen-bond acceptors (Lipinski definition) is 3. The summed E-state index contributed by atoms with van der Waals surface area (Å²) in [5, 5.41) is 3.03. The number of nitrogens with one attached hydrogen (secondary N) is 1. The van der Waals surface area contributed by atoms with Crippen LogP contribution in [0.3, 0.4) is 0 Å². The largest absolute Gasteiger partial charge is 0.324 e. The molecule has 0 aliphatic carbocycles. The Bertz CT molecular complexity index is 957. The zero-order chi connectivity index (χ0) is 18.3. The van der Waals surface area contributed by atoms with Crippen molar-refractivity contribution in [1.29, 1.82) is 0 Å². The average Bonchev–Trinajstić information content (AvgIpc) is 3.19. The second kappa shape index (κ2) is 6.44. The van der Waals surface area contributed by atoms with Crippen LogP contribution in [0, 0.1) is 13.8 Å². The molecule has 0 unspecified atom stereocenters. The van der Waals surface area contributed by atoms with Gasteiger partial charge in [0.2, 0.25) is 0 Å². The Hall–Kier alpha value is -2.89. The number of benzene rings is 1. The number of amides is 2. The minimum atomic E-state index is -0.0469. The second-order valence-corrected chi connectivity index (χ2v) is 7.11. The third-order valence-electron chi connectivity index (χ3n) is 4.98. The fraction of sp³-hybridized carbons (Fsp3) is 0.350. The molecule has 0 spiro atoms. The second-order valence-electron chi connectivity index (χ2n) is 7.11. The van der Waals surface area contributed by atoms with Crippen LogP contribution in [-0.4, -0.2) is 38.6 Å². The molecule has 0 bridgehead atoms. The van der Waals surface area contributed by atoms with Crippen LogP contribution in [0.1, 0.15) is 29.3 Å². The van der Waals surface area contributed by atoms with Gasteiger partial charge in [-0.3, -0.25) is 0 Å². The van der Waals surface area contributed by atoms with Gasteiger partial charge in [-0.15, -0.1) is 0 Å². The molecule has 1 N–H and O–H groups in total. The third-order valence-corrected chi connectivity index (χ3v) is 4.98. The van der Waals surface area contributed by atoms with E-state index in [-0.39, 0.29) is 11.9 Å². The third kappa shape index (κ3) is 3.03. The number of imidazole rings is 1. The summed E-state index contributed by atoms with van der Waals surface area (Å²) < 4.78 is 2.05. The van der Waals surface area contributed by atoms with Gasteiger partial charge < -0.3 is 14.8 Å². The minimum Gasteiger partial charge on any atom is -0.324 e. The Labute approximate surface area is 152 Å². The molecule has 1 aromatic carbocycles. The van der Waals surface area contributed by atoms with E-state index in [1.54, 1.807) is 6.20 Å². The molecule has 1 fully saturated rings. The highest BCUT2D eigenvalue weighted by Gasteiger charge is 2.30. The first-order valence-corrected chi connectivity index (χ1v) is 8.93. The molecule has 3 heterocycles. The summed E-state index contributed by atoms with van der Waals surface area (Å²) in [6.07, 6.45) is 2.70. The lowest BCUT2D eigenvalue weighted by Crippen LogP contribution is -2.33. The Kier molecular flexibility index (Phi) is 4.11. The molecule has 1 atom stereocenters. The maximum Gasteiger partial charge on any atom is 0.321 e. The molecule has 0 saturated carbocycles. The van der Waals surface area contributed by atoms with Gasteiger partial charge in [0.05, 0.1) is 0 Å². The summed E-state index contributed by atoms with van der Waals surface area (Å²) in [7, 11) is 2.00. The number of likely N-dealkylation sites (tertiary alicyclic amines) is 1. The van der Waals surface area contributed by atoms with Gasteiger partial charge >= 0.3 is 6.03 Å². The molecule has 26 heavy (non-hydrogen) atoms. The van der Waals surface area contributed by atoms with Gasteiger partial charge in [-0.05, 0) is 55.7 Å². The molecule has 1 aliphatic rings. The smallest absolute Gasteiger partial charge is 0.321 e. The van der Waals surface area contributed by atoms with E-state index >= 15 is 0 Å². The highest BCUT2D eigenvalue weighted by atomic mass is 16.2. The summed E-state index contributed by atoms with van der Waals surface area (Å²) in [5.74, 6) is 1.24. The van der Waals surface area contributed by atoms with Gasteiger partial charge in [0.25, 0.3) is 0 Å². The number of urea groups is 1. The number of carbonyl (C=O) groups excluding carboxylic acids is 1. The van der Waals surface area contributed by atoms with Gasteiger partial charge in [0.1, 0.15) is 11.3 Å². The number of aromatic nitrogens is 3. The highest BCUT2D eigenvalue weighted by molar-refractivity contribution is 5.89. The highest BCUT2D eigenvalue weighted by Crippen LogP contribution is 2.28. The molecule has 1 saturated heterocycles. The summed E-state index contributed by atoms with van der Waals surface area (Å²) in [4.78, 5) is 23.7. The zero-order valence-corrected chi connectivity index (χ0v) is 15.4. The van der Waals surface area contributed by atoms with Crippen LogP contribution in [0.5, 0.6) is 0 Å². The molecule has 2 aromatic heterocycles. The van der Waals surface area contributed by atoms with Crippen molar-refractivity contribution in [1.82, 2.24) is 19.4 Å². The van der Waals surface area contributed by atoms with Gasteiger partial charge in [-0.2, -0.15) is 0 Å². The van der Waals surface area contributed by atoms with Crippen molar-refractivity contribution in [3.63, 3.8) is 0 Å². The van der Waals surface area contributed by atoms with E-state index in [4.69, 9.17) is 4.98 Å². The lowest BCUT2D eigenvalue weighted by atomic mass is 10.1. The SMILES string of the molecule is Cc1cc(C)cc(NC(=O)N2CC[C@@H](c3nc4cccnc4n3C)C2)c1. The van der Waals surface area contributed by atoms with Crippen molar-refractivity contribution in [2.75, 3.05) is 18.4 Å².